The third kappa shape index (κ3) is 3.86. The number of carbonyl (C=O) groups is 2. The number of fused-ring (bicyclic) bond motifs is 6. The molecule has 1 aromatic carbocycles. The second-order valence-corrected chi connectivity index (χ2v) is 8.53. The molecule has 1 aromatic heterocycles. The van der Waals surface area contributed by atoms with Crippen molar-refractivity contribution in [3.05, 3.63) is 51.9 Å². The molecule has 2 N–H and O–H groups in total. The van der Waals surface area contributed by atoms with Gasteiger partial charge in [0.05, 0.1) is 10.7 Å². The van der Waals surface area contributed by atoms with E-state index >= 15 is 0 Å². The largest absolute Gasteiger partial charge is 0.478 e. The zero-order valence-corrected chi connectivity index (χ0v) is 16.2. The number of aliphatic carboxylic acids is 2. The summed E-state index contributed by atoms with van der Waals surface area (Å²) in [4.78, 5) is 28.3. The maximum Gasteiger partial charge on any atom is 0.328 e. The number of hydrogen-bond acceptors (Lipinski definition) is 5. The first-order chi connectivity index (χ1) is 13.5. The van der Waals surface area contributed by atoms with E-state index < -0.39 is 11.9 Å². The fourth-order valence-corrected chi connectivity index (χ4v) is 5.61. The lowest BCUT2D eigenvalue weighted by Gasteiger charge is -2.44. The number of aromatic nitrogens is 1. The van der Waals surface area contributed by atoms with Crippen LogP contribution in [0.15, 0.2) is 36.4 Å². The van der Waals surface area contributed by atoms with Crippen molar-refractivity contribution in [3.63, 3.8) is 0 Å². The van der Waals surface area contributed by atoms with Gasteiger partial charge in [0.1, 0.15) is 0 Å². The Morgan fingerprint density at radius 2 is 1.79 bits per heavy atom. The molecule has 7 heteroatoms. The average Bonchev–Trinajstić information content (AvgIpc) is 3.26. The lowest BCUT2D eigenvalue weighted by atomic mass is 9.79. The van der Waals surface area contributed by atoms with Gasteiger partial charge in [-0.15, -0.1) is 11.3 Å². The molecule has 3 saturated heterocycles. The van der Waals surface area contributed by atoms with Gasteiger partial charge in [-0.3, -0.25) is 0 Å². The second kappa shape index (κ2) is 7.85. The fourth-order valence-electron chi connectivity index (χ4n) is 4.32. The highest BCUT2D eigenvalue weighted by Gasteiger charge is 2.37. The van der Waals surface area contributed by atoms with Crippen LogP contribution in [-0.2, 0) is 16.0 Å². The Labute approximate surface area is 167 Å². The third-order valence-electron chi connectivity index (χ3n) is 5.68. The normalized spacial score (nSPS) is 24.4. The van der Waals surface area contributed by atoms with Gasteiger partial charge in [0.2, 0.25) is 0 Å². The number of nitrogens with zero attached hydrogens (tertiary/aromatic N) is 2. The summed E-state index contributed by atoms with van der Waals surface area (Å²) in [5, 5.41) is 17.0. The summed E-state index contributed by atoms with van der Waals surface area (Å²) in [6.07, 6.45) is 4.98. The quantitative estimate of drug-likeness (QED) is 0.658. The van der Waals surface area contributed by atoms with Crippen LogP contribution in [0, 0.1) is 5.92 Å². The van der Waals surface area contributed by atoms with E-state index in [0.29, 0.717) is 18.1 Å². The molecule has 0 spiro atoms. The summed E-state index contributed by atoms with van der Waals surface area (Å²) in [7, 11) is 0. The van der Waals surface area contributed by atoms with Crippen LogP contribution < -0.4 is 0 Å². The summed E-state index contributed by atoms with van der Waals surface area (Å²) >= 11 is 1.99. The molecule has 4 heterocycles. The van der Waals surface area contributed by atoms with E-state index in [9.17, 15) is 9.59 Å². The van der Waals surface area contributed by atoms with Crippen molar-refractivity contribution in [2.75, 3.05) is 19.6 Å². The lowest BCUT2D eigenvalue weighted by molar-refractivity contribution is -0.134. The van der Waals surface area contributed by atoms with Crippen molar-refractivity contribution < 1.29 is 19.8 Å². The summed E-state index contributed by atoms with van der Waals surface area (Å²) in [5.74, 6) is -0.915. The third-order valence-corrected chi connectivity index (χ3v) is 6.87. The topological polar surface area (TPSA) is 90.7 Å². The van der Waals surface area contributed by atoms with Gasteiger partial charge in [0.15, 0.2) is 0 Å². The molecule has 3 fully saturated rings. The minimum absolute atomic E-state index is 0.558. The monoisotopic (exact) mass is 398 g/mol. The molecular weight excluding hydrogens is 376 g/mol. The van der Waals surface area contributed by atoms with E-state index in [1.807, 2.05) is 11.3 Å². The summed E-state index contributed by atoms with van der Waals surface area (Å²) in [5.41, 5.74) is 4.13. The van der Waals surface area contributed by atoms with Crippen molar-refractivity contribution in [2.45, 2.75) is 25.2 Å². The maximum atomic E-state index is 9.55. The molecule has 1 unspecified atom stereocenters. The number of carboxylic acids is 2. The van der Waals surface area contributed by atoms with Crippen LogP contribution in [0.4, 0.5) is 0 Å². The molecule has 28 heavy (non-hydrogen) atoms. The number of hydrogen-bond donors (Lipinski definition) is 2. The predicted octanol–water partition coefficient (Wildman–Crippen LogP) is 3.24. The Bertz CT molecular complexity index is 912. The minimum Gasteiger partial charge on any atom is -0.478 e. The number of benzene rings is 1. The van der Waals surface area contributed by atoms with Gasteiger partial charge in [-0.05, 0) is 37.4 Å². The number of rotatable bonds is 3. The van der Waals surface area contributed by atoms with E-state index in [0.717, 1.165) is 12.3 Å². The molecule has 2 aromatic rings. The van der Waals surface area contributed by atoms with Crippen molar-refractivity contribution in [1.29, 1.82) is 0 Å². The molecule has 6 nitrogen and oxygen atoms in total. The Balaban J connectivity index is 0.000000208. The van der Waals surface area contributed by atoms with E-state index in [1.165, 1.54) is 59.2 Å². The van der Waals surface area contributed by atoms with E-state index in [1.54, 1.807) is 0 Å². The Morgan fingerprint density at radius 1 is 1.11 bits per heavy atom. The highest BCUT2D eigenvalue weighted by atomic mass is 32.1. The van der Waals surface area contributed by atoms with Crippen LogP contribution >= 0.6 is 11.3 Å². The highest BCUT2D eigenvalue weighted by molar-refractivity contribution is 7.12. The van der Waals surface area contributed by atoms with Crippen LogP contribution in [0.1, 0.15) is 34.2 Å². The van der Waals surface area contributed by atoms with Crippen LogP contribution in [0.2, 0.25) is 0 Å². The van der Waals surface area contributed by atoms with Crippen LogP contribution in [0.5, 0.6) is 0 Å². The zero-order chi connectivity index (χ0) is 19.7. The number of carboxylic acid groups (broad SMARTS) is 2. The molecule has 4 aliphatic rings. The average molecular weight is 398 g/mol. The van der Waals surface area contributed by atoms with Gasteiger partial charge in [-0.2, -0.15) is 0 Å². The predicted molar refractivity (Wildman–Crippen MR) is 107 cm³/mol. The van der Waals surface area contributed by atoms with E-state index in [2.05, 4.69) is 29.2 Å². The smallest absolute Gasteiger partial charge is 0.328 e. The molecule has 0 amide bonds. The molecular formula is C21H22N2O4S. The molecule has 3 aliphatic heterocycles. The SMILES string of the molecule is O=C(O)/C=C/C(=O)O.c1ccc2c(c1)Cc1sc(C3CN4CCC3CC4)nc1-2. The number of thiazole rings is 1. The summed E-state index contributed by atoms with van der Waals surface area (Å²) in [6.45, 7) is 3.88. The van der Waals surface area contributed by atoms with Gasteiger partial charge in [0.25, 0.3) is 0 Å². The van der Waals surface area contributed by atoms with Gasteiger partial charge >= 0.3 is 11.9 Å². The highest BCUT2D eigenvalue weighted by Crippen LogP contribution is 2.45. The molecule has 1 atom stereocenters. The second-order valence-electron chi connectivity index (χ2n) is 7.41. The first kappa shape index (κ1) is 18.8. The molecule has 2 bridgehead atoms. The Hall–Kier alpha value is -2.51. The molecule has 0 radical (unpaired) electrons. The molecule has 6 rings (SSSR count). The Morgan fingerprint density at radius 3 is 2.39 bits per heavy atom. The van der Waals surface area contributed by atoms with Crippen LogP contribution in [0.3, 0.4) is 0 Å². The molecule has 1 aliphatic carbocycles. The van der Waals surface area contributed by atoms with Crippen molar-refractivity contribution >= 4 is 23.3 Å². The molecule has 146 valence electrons. The minimum atomic E-state index is -1.26. The number of piperidine rings is 3. The standard InChI is InChI=1S/C17H18N2S.C4H4O4/c1-2-4-13-12(3-1)9-15-16(13)18-17(20-15)14-10-19-7-5-11(14)6-8-19;5-3(6)1-2-4(7)8/h1-4,11,14H,5-10H2;1-2H,(H,5,6)(H,7,8)/b;2-1+. The first-order valence-electron chi connectivity index (χ1n) is 9.45. The van der Waals surface area contributed by atoms with Crippen molar-refractivity contribution in [2.24, 2.45) is 5.92 Å². The van der Waals surface area contributed by atoms with E-state index in [-0.39, 0.29) is 0 Å². The van der Waals surface area contributed by atoms with Gasteiger partial charge < -0.3 is 15.1 Å². The van der Waals surface area contributed by atoms with Crippen molar-refractivity contribution in [1.82, 2.24) is 9.88 Å². The lowest BCUT2D eigenvalue weighted by Crippen LogP contribution is -2.46. The summed E-state index contributed by atoms with van der Waals surface area (Å²) in [6, 6.07) is 8.77. The Kier molecular flexibility index (Phi) is 5.28. The zero-order valence-electron chi connectivity index (χ0n) is 15.4. The van der Waals surface area contributed by atoms with Crippen LogP contribution in [-0.4, -0.2) is 51.7 Å². The van der Waals surface area contributed by atoms with Crippen molar-refractivity contribution in [3.8, 4) is 11.3 Å². The van der Waals surface area contributed by atoms with E-state index in [4.69, 9.17) is 15.2 Å². The van der Waals surface area contributed by atoms with Gasteiger partial charge in [-0.25, -0.2) is 14.6 Å². The summed E-state index contributed by atoms with van der Waals surface area (Å²) < 4.78 is 0. The first-order valence-corrected chi connectivity index (χ1v) is 10.3. The molecule has 0 saturated carbocycles. The van der Waals surface area contributed by atoms with Crippen LogP contribution in [0.25, 0.3) is 11.3 Å². The maximum absolute atomic E-state index is 9.55. The fraction of sp³-hybridized carbons (Fsp3) is 0.381. The van der Waals surface area contributed by atoms with Gasteiger partial charge in [0, 0.05) is 41.5 Å². The van der Waals surface area contributed by atoms with Gasteiger partial charge in [-0.1, -0.05) is 24.3 Å².